The second kappa shape index (κ2) is 3.75. The minimum Gasteiger partial charge on any atom is -0.0811 e. The molecule has 0 heterocycles. The van der Waals surface area contributed by atoms with Crippen molar-refractivity contribution in [3.63, 3.8) is 0 Å². The molecule has 62 valence electrons. The van der Waals surface area contributed by atoms with Gasteiger partial charge in [-0.15, -0.1) is 0 Å². The summed E-state index contributed by atoms with van der Waals surface area (Å²) in [4.78, 5) is 0. The Balaban J connectivity index is 2.64. The Labute approximate surface area is 70.0 Å². The second-order valence-corrected chi connectivity index (χ2v) is 3.60. The molecule has 0 aliphatic heterocycles. The van der Waals surface area contributed by atoms with Crippen LogP contribution < -0.4 is 0 Å². The van der Waals surface area contributed by atoms with Crippen LogP contribution in [-0.4, -0.2) is 0 Å². The first-order valence-electron chi connectivity index (χ1n) is 4.61. The highest BCUT2D eigenvalue weighted by Gasteiger charge is 2.07. The molecule has 0 saturated heterocycles. The Morgan fingerprint density at radius 1 is 1.55 bits per heavy atom. The van der Waals surface area contributed by atoms with Crippen molar-refractivity contribution in [2.45, 2.75) is 40.0 Å². The Bertz CT molecular complexity index is 184. The molecule has 1 rings (SSSR count). The van der Waals surface area contributed by atoms with Gasteiger partial charge in [0.1, 0.15) is 0 Å². The minimum atomic E-state index is 0.760. The van der Waals surface area contributed by atoms with Crippen molar-refractivity contribution in [3.8, 4) is 0 Å². The number of rotatable bonds is 2. The Hall–Kier alpha value is -0.520. The zero-order valence-corrected chi connectivity index (χ0v) is 7.85. The molecule has 0 radical (unpaired) electrons. The molecular weight excluding hydrogens is 132 g/mol. The summed E-state index contributed by atoms with van der Waals surface area (Å²) in [5.74, 6) is 0.760. The SMILES string of the molecule is CCCC1=C(C)CC(C)C=C1. The standard InChI is InChI=1S/C11H18/c1-4-5-11-7-6-9(2)8-10(11)3/h6-7,9H,4-5,8H2,1-3H3. The van der Waals surface area contributed by atoms with Crippen molar-refractivity contribution in [1.82, 2.24) is 0 Å². The van der Waals surface area contributed by atoms with E-state index in [-0.39, 0.29) is 0 Å². The van der Waals surface area contributed by atoms with Crippen LogP contribution in [0, 0.1) is 5.92 Å². The van der Waals surface area contributed by atoms with Crippen molar-refractivity contribution in [3.05, 3.63) is 23.3 Å². The molecule has 0 N–H and O–H groups in total. The average Bonchev–Trinajstić information content (AvgIpc) is 1.95. The van der Waals surface area contributed by atoms with Gasteiger partial charge in [-0.05, 0) is 31.3 Å². The molecule has 0 aromatic rings. The summed E-state index contributed by atoms with van der Waals surface area (Å²) in [6.45, 7) is 6.79. The molecule has 0 bridgehead atoms. The fourth-order valence-corrected chi connectivity index (χ4v) is 1.67. The van der Waals surface area contributed by atoms with Gasteiger partial charge in [0.15, 0.2) is 0 Å². The lowest BCUT2D eigenvalue weighted by atomic mass is 9.90. The molecular formula is C11H18. The second-order valence-electron chi connectivity index (χ2n) is 3.60. The van der Waals surface area contributed by atoms with E-state index in [1.165, 1.54) is 19.3 Å². The molecule has 0 fully saturated rings. The first-order chi connectivity index (χ1) is 5.24. The van der Waals surface area contributed by atoms with E-state index in [2.05, 4.69) is 32.9 Å². The molecule has 0 aromatic heterocycles. The maximum Gasteiger partial charge on any atom is -0.0221 e. The van der Waals surface area contributed by atoms with E-state index in [0.717, 1.165) is 5.92 Å². The summed E-state index contributed by atoms with van der Waals surface area (Å²) in [6, 6.07) is 0. The van der Waals surface area contributed by atoms with Crippen LogP contribution in [0.4, 0.5) is 0 Å². The van der Waals surface area contributed by atoms with Gasteiger partial charge >= 0.3 is 0 Å². The molecule has 11 heavy (non-hydrogen) atoms. The quantitative estimate of drug-likeness (QED) is 0.563. The van der Waals surface area contributed by atoms with Crippen LogP contribution in [0.3, 0.4) is 0 Å². The molecule has 1 aliphatic rings. The number of allylic oxidation sites excluding steroid dienone is 4. The summed E-state index contributed by atoms with van der Waals surface area (Å²) in [6.07, 6.45) is 8.44. The summed E-state index contributed by atoms with van der Waals surface area (Å²) < 4.78 is 0. The molecule has 1 aliphatic carbocycles. The van der Waals surface area contributed by atoms with Crippen molar-refractivity contribution < 1.29 is 0 Å². The van der Waals surface area contributed by atoms with E-state index < -0.39 is 0 Å². The molecule has 0 aromatic carbocycles. The molecule has 0 saturated carbocycles. The molecule has 0 spiro atoms. The van der Waals surface area contributed by atoms with E-state index >= 15 is 0 Å². The smallest absolute Gasteiger partial charge is 0.0221 e. The highest BCUT2D eigenvalue weighted by atomic mass is 14.1. The normalized spacial score (nSPS) is 24.5. The molecule has 1 atom stereocenters. The van der Waals surface area contributed by atoms with E-state index in [4.69, 9.17) is 0 Å². The molecule has 1 unspecified atom stereocenters. The zero-order chi connectivity index (χ0) is 8.27. The Kier molecular flexibility index (Phi) is 2.92. The van der Waals surface area contributed by atoms with Gasteiger partial charge in [-0.25, -0.2) is 0 Å². The van der Waals surface area contributed by atoms with Crippen molar-refractivity contribution >= 4 is 0 Å². The van der Waals surface area contributed by atoms with E-state index in [0.29, 0.717) is 0 Å². The van der Waals surface area contributed by atoms with Crippen LogP contribution in [-0.2, 0) is 0 Å². The van der Waals surface area contributed by atoms with Crippen molar-refractivity contribution in [1.29, 1.82) is 0 Å². The Morgan fingerprint density at radius 3 is 2.82 bits per heavy atom. The topological polar surface area (TPSA) is 0 Å². The summed E-state index contributed by atoms with van der Waals surface area (Å²) in [5.41, 5.74) is 3.17. The monoisotopic (exact) mass is 150 g/mol. The average molecular weight is 150 g/mol. The van der Waals surface area contributed by atoms with E-state index in [1.54, 1.807) is 11.1 Å². The van der Waals surface area contributed by atoms with Gasteiger partial charge in [-0.2, -0.15) is 0 Å². The minimum absolute atomic E-state index is 0.760. The van der Waals surface area contributed by atoms with Gasteiger partial charge in [0.2, 0.25) is 0 Å². The van der Waals surface area contributed by atoms with Crippen LogP contribution >= 0.6 is 0 Å². The van der Waals surface area contributed by atoms with E-state index in [9.17, 15) is 0 Å². The lowest BCUT2D eigenvalue weighted by Gasteiger charge is -2.16. The van der Waals surface area contributed by atoms with Crippen molar-refractivity contribution in [2.75, 3.05) is 0 Å². The number of hydrogen-bond acceptors (Lipinski definition) is 0. The maximum absolute atomic E-state index is 2.33. The van der Waals surface area contributed by atoms with Gasteiger partial charge in [-0.1, -0.05) is 38.0 Å². The van der Waals surface area contributed by atoms with E-state index in [1.807, 2.05) is 0 Å². The third-order valence-corrected chi connectivity index (χ3v) is 2.32. The summed E-state index contributed by atoms with van der Waals surface area (Å²) in [5, 5.41) is 0. The predicted molar refractivity (Wildman–Crippen MR) is 50.5 cm³/mol. The first-order valence-corrected chi connectivity index (χ1v) is 4.61. The number of hydrogen-bond donors (Lipinski definition) is 0. The summed E-state index contributed by atoms with van der Waals surface area (Å²) >= 11 is 0. The maximum atomic E-state index is 2.33. The third-order valence-electron chi connectivity index (χ3n) is 2.32. The highest BCUT2D eigenvalue weighted by Crippen LogP contribution is 2.25. The molecule has 0 heteroatoms. The van der Waals surface area contributed by atoms with Gasteiger partial charge in [-0.3, -0.25) is 0 Å². The Morgan fingerprint density at radius 2 is 2.27 bits per heavy atom. The summed E-state index contributed by atoms with van der Waals surface area (Å²) in [7, 11) is 0. The predicted octanol–water partition coefficient (Wildman–Crippen LogP) is 3.70. The van der Waals surface area contributed by atoms with Crippen LogP contribution in [0.15, 0.2) is 23.3 Å². The first kappa shape index (κ1) is 8.58. The van der Waals surface area contributed by atoms with Crippen LogP contribution in [0.2, 0.25) is 0 Å². The lowest BCUT2D eigenvalue weighted by molar-refractivity contribution is 0.690. The van der Waals surface area contributed by atoms with Crippen LogP contribution in [0.5, 0.6) is 0 Å². The van der Waals surface area contributed by atoms with Crippen LogP contribution in [0.25, 0.3) is 0 Å². The molecule has 0 nitrogen and oxygen atoms in total. The highest BCUT2D eigenvalue weighted by molar-refractivity contribution is 5.29. The van der Waals surface area contributed by atoms with Gasteiger partial charge in [0.05, 0.1) is 0 Å². The van der Waals surface area contributed by atoms with Crippen LogP contribution in [0.1, 0.15) is 40.0 Å². The molecule has 0 amide bonds. The lowest BCUT2D eigenvalue weighted by Crippen LogP contribution is -1.99. The van der Waals surface area contributed by atoms with Gasteiger partial charge < -0.3 is 0 Å². The van der Waals surface area contributed by atoms with Crippen molar-refractivity contribution in [2.24, 2.45) is 5.92 Å². The third kappa shape index (κ3) is 2.21. The zero-order valence-electron chi connectivity index (χ0n) is 7.85. The fraction of sp³-hybridized carbons (Fsp3) is 0.636. The van der Waals surface area contributed by atoms with Gasteiger partial charge in [0, 0.05) is 0 Å². The largest absolute Gasteiger partial charge is 0.0811 e. The van der Waals surface area contributed by atoms with Gasteiger partial charge in [0.25, 0.3) is 0 Å². The fourth-order valence-electron chi connectivity index (χ4n) is 1.67.